The van der Waals surface area contributed by atoms with Gasteiger partial charge in [0, 0.05) is 12.8 Å². The third kappa shape index (κ3) is 80.1. The zero-order chi connectivity index (χ0) is 71.1. The number of quaternary nitrogens is 1. The van der Waals surface area contributed by atoms with Crippen molar-refractivity contribution in [2.75, 3.05) is 47.5 Å². The molecule has 0 saturated heterocycles. The van der Waals surface area contributed by atoms with Crippen LogP contribution in [0, 0.1) is 0 Å². The number of ether oxygens (including phenoxy) is 2. The van der Waals surface area contributed by atoms with Gasteiger partial charge in [-0.1, -0.05) is 344 Å². The zero-order valence-corrected chi connectivity index (χ0v) is 64.3. The summed E-state index contributed by atoms with van der Waals surface area (Å²) in [6.07, 6.45) is 117. The number of likely N-dealkylation sites (N-methyl/N-ethyl adjacent to an activating group) is 1. The summed E-state index contributed by atoms with van der Waals surface area (Å²) in [4.78, 5) is 36.0. The molecule has 0 heterocycles. The first kappa shape index (κ1) is 93.1. The molecule has 0 fully saturated rings. The van der Waals surface area contributed by atoms with Crippen molar-refractivity contribution in [3.05, 3.63) is 182 Å². The molecule has 556 valence electrons. The van der Waals surface area contributed by atoms with Gasteiger partial charge in [-0.2, -0.15) is 0 Å². The Morgan fingerprint density at radius 3 is 0.816 bits per heavy atom. The lowest BCUT2D eigenvalue weighted by molar-refractivity contribution is -0.870. The Balaban J connectivity index is 4.04. The van der Waals surface area contributed by atoms with E-state index in [1.165, 1.54) is 141 Å². The lowest BCUT2D eigenvalue weighted by Gasteiger charge is -2.24. The molecule has 2 unspecified atom stereocenters. The molecule has 0 spiro atoms. The standard InChI is InChI=1S/C88H146NO8P/c1-6-8-10-12-14-16-18-20-22-24-26-28-30-32-34-36-38-40-42-44-46-48-50-52-54-56-58-60-62-64-66-68-70-72-74-76-78-80-87(90)94-84-86(85-96-98(92,93)95-83-82-89(3,4)5)97-88(91)81-79-77-75-73-71-69-67-65-63-61-59-57-55-53-51-49-47-45-43-41-39-37-35-33-31-29-27-25-23-21-19-17-15-13-11-9-7-2/h8-11,14-17,20-23,26-29,32-35,38-41,44-47,51,53,86H,6-7,12-13,18-19,24-25,30-31,36-37,42-43,48-50,52,54-85H2,1-5H3/p+1/b10-8-,11-9-,16-14-,17-15-,22-20-,23-21-,28-26-,29-27-,34-32-,35-33-,40-38-,41-39-,46-44-,47-45-,53-51-. The first-order valence-corrected chi connectivity index (χ1v) is 41.0. The SMILES string of the molecule is CC/C=C\C/C=C\C/C=C\C/C=C\C/C=C\C/C=C\C/C=C\C/C=C\CCCCCCCCCCCCCCC(=O)OC(COC(=O)CCCCCCCCCCCCCCCCC/C=C\C/C=C\C/C=C\C/C=C\C/C=C\C/C=C\C/C=C\CC)COP(=O)(O)OCC[N+](C)(C)C. The maximum absolute atomic E-state index is 12.9. The van der Waals surface area contributed by atoms with Crippen molar-refractivity contribution in [2.45, 2.75) is 315 Å². The van der Waals surface area contributed by atoms with Crippen LogP contribution in [0.1, 0.15) is 309 Å². The van der Waals surface area contributed by atoms with Crippen LogP contribution in [-0.4, -0.2) is 74.9 Å². The number of carbonyl (C=O) groups excluding carboxylic acids is 2. The fraction of sp³-hybridized carbons (Fsp3) is 0.636. The second-order valence-electron chi connectivity index (χ2n) is 27.0. The van der Waals surface area contributed by atoms with E-state index in [-0.39, 0.29) is 32.0 Å². The number of allylic oxidation sites excluding steroid dienone is 30. The second kappa shape index (κ2) is 76.3. The van der Waals surface area contributed by atoms with E-state index >= 15 is 0 Å². The van der Waals surface area contributed by atoms with Crippen LogP contribution >= 0.6 is 7.82 Å². The maximum atomic E-state index is 12.9. The smallest absolute Gasteiger partial charge is 0.462 e. The highest BCUT2D eigenvalue weighted by Crippen LogP contribution is 2.43. The Bertz CT molecular complexity index is 2320. The molecule has 2 atom stereocenters. The van der Waals surface area contributed by atoms with Gasteiger partial charge in [0.05, 0.1) is 27.7 Å². The lowest BCUT2D eigenvalue weighted by atomic mass is 10.0. The van der Waals surface area contributed by atoms with Crippen molar-refractivity contribution < 1.29 is 42.1 Å². The van der Waals surface area contributed by atoms with Crippen LogP contribution < -0.4 is 0 Å². The van der Waals surface area contributed by atoms with Crippen molar-refractivity contribution in [1.29, 1.82) is 0 Å². The minimum atomic E-state index is -4.41. The molecule has 0 aliphatic heterocycles. The van der Waals surface area contributed by atoms with Crippen molar-refractivity contribution >= 4 is 19.8 Å². The molecule has 0 bridgehead atoms. The number of esters is 2. The van der Waals surface area contributed by atoms with Crippen LogP contribution in [0.4, 0.5) is 0 Å². The summed E-state index contributed by atoms with van der Waals surface area (Å²) in [5, 5.41) is 0. The zero-order valence-electron chi connectivity index (χ0n) is 63.5. The number of rotatable bonds is 71. The molecular formula is C88H147NO8P+. The minimum Gasteiger partial charge on any atom is -0.462 e. The van der Waals surface area contributed by atoms with E-state index in [9.17, 15) is 19.0 Å². The van der Waals surface area contributed by atoms with Crippen LogP contribution in [0.2, 0.25) is 0 Å². The van der Waals surface area contributed by atoms with Gasteiger partial charge in [0.25, 0.3) is 0 Å². The van der Waals surface area contributed by atoms with E-state index in [4.69, 9.17) is 18.5 Å². The Morgan fingerprint density at radius 1 is 0.316 bits per heavy atom. The molecule has 0 aliphatic carbocycles. The maximum Gasteiger partial charge on any atom is 0.472 e. The number of hydrogen-bond donors (Lipinski definition) is 1. The fourth-order valence-electron chi connectivity index (χ4n) is 10.5. The monoisotopic (exact) mass is 1380 g/mol. The highest BCUT2D eigenvalue weighted by Gasteiger charge is 2.27. The van der Waals surface area contributed by atoms with Crippen LogP contribution in [-0.2, 0) is 32.7 Å². The predicted molar refractivity (Wildman–Crippen MR) is 426 cm³/mol. The topological polar surface area (TPSA) is 108 Å². The van der Waals surface area contributed by atoms with E-state index in [1.807, 2.05) is 21.1 Å². The Kier molecular flexibility index (Phi) is 72.5. The van der Waals surface area contributed by atoms with Crippen molar-refractivity contribution in [3.63, 3.8) is 0 Å². The third-order valence-corrected chi connectivity index (χ3v) is 17.4. The van der Waals surface area contributed by atoms with Crippen LogP contribution in [0.25, 0.3) is 0 Å². The summed E-state index contributed by atoms with van der Waals surface area (Å²) in [5.41, 5.74) is 0. The average Bonchev–Trinajstić information content (AvgIpc) is 1.08. The summed E-state index contributed by atoms with van der Waals surface area (Å²) in [7, 11) is 1.46. The van der Waals surface area contributed by atoms with Crippen molar-refractivity contribution in [3.8, 4) is 0 Å². The molecule has 98 heavy (non-hydrogen) atoms. The summed E-state index contributed by atoms with van der Waals surface area (Å²) < 4.78 is 34.8. The van der Waals surface area contributed by atoms with Gasteiger partial charge in [0.15, 0.2) is 6.10 Å². The Hall–Kier alpha value is -4.89. The number of unbranched alkanes of at least 4 members (excludes halogenated alkanes) is 27. The van der Waals surface area contributed by atoms with Gasteiger partial charge < -0.3 is 18.9 Å². The number of carbonyl (C=O) groups is 2. The summed E-state index contributed by atoms with van der Waals surface area (Å²) in [6, 6.07) is 0. The molecule has 0 aliphatic rings. The first-order chi connectivity index (χ1) is 48.0. The van der Waals surface area contributed by atoms with Gasteiger partial charge >= 0.3 is 19.8 Å². The number of nitrogens with zero attached hydrogens (tertiary/aromatic N) is 1. The van der Waals surface area contributed by atoms with Crippen LogP contribution in [0.3, 0.4) is 0 Å². The number of phosphoric acid groups is 1. The van der Waals surface area contributed by atoms with E-state index in [1.54, 1.807) is 0 Å². The summed E-state index contributed by atoms with van der Waals surface area (Å²) in [6.45, 7) is 4.21. The van der Waals surface area contributed by atoms with Gasteiger partial charge in [0.1, 0.15) is 19.8 Å². The second-order valence-corrected chi connectivity index (χ2v) is 28.4. The normalized spacial score (nSPS) is 14.1. The molecule has 0 aromatic carbocycles. The van der Waals surface area contributed by atoms with Gasteiger partial charge in [0.2, 0.25) is 0 Å². The van der Waals surface area contributed by atoms with E-state index < -0.39 is 26.5 Å². The van der Waals surface area contributed by atoms with E-state index in [2.05, 4.69) is 196 Å². The quantitative estimate of drug-likeness (QED) is 0.0211. The predicted octanol–water partition coefficient (Wildman–Crippen LogP) is 26.6. The van der Waals surface area contributed by atoms with Crippen LogP contribution in [0.5, 0.6) is 0 Å². The minimum absolute atomic E-state index is 0.0244. The van der Waals surface area contributed by atoms with Gasteiger partial charge in [-0.15, -0.1) is 0 Å². The molecule has 0 saturated carbocycles. The van der Waals surface area contributed by atoms with Gasteiger partial charge in [-0.05, 0) is 135 Å². The Morgan fingerprint density at radius 2 is 0.551 bits per heavy atom. The van der Waals surface area contributed by atoms with Crippen LogP contribution in [0.15, 0.2) is 182 Å². The average molecular weight is 1380 g/mol. The number of phosphoric ester groups is 1. The molecule has 0 aromatic heterocycles. The molecule has 9 nitrogen and oxygen atoms in total. The molecule has 10 heteroatoms. The highest BCUT2D eigenvalue weighted by atomic mass is 31.2. The van der Waals surface area contributed by atoms with E-state index in [0.29, 0.717) is 17.4 Å². The fourth-order valence-corrected chi connectivity index (χ4v) is 11.2. The first-order valence-electron chi connectivity index (χ1n) is 39.5. The van der Waals surface area contributed by atoms with Gasteiger partial charge in [-0.3, -0.25) is 18.6 Å². The van der Waals surface area contributed by atoms with Crippen molar-refractivity contribution in [2.24, 2.45) is 0 Å². The molecule has 1 N–H and O–H groups in total. The number of hydrogen-bond acceptors (Lipinski definition) is 7. The third-order valence-electron chi connectivity index (χ3n) is 16.4. The molecule has 0 amide bonds. The van der Waals surface area contributed by atoms with Gasteiger partial charge in [-0.25, -0.2) is 4.57 Å². The molecule has 0 radical (unpaired) electrons. The Labute approximate surface area is 603 Å². The lowest BCUT2D eigenvalue weighted by Crippen LogP contribution is -2.37. The van der Waals surface area contributed by atoms with E-state index in [0.717, 1.165) is 135 Å². The molecule has 0 rings (SSSR count). The molecular weight excluding hydrogens is 1230 g/mol. The summed E-state index contributed by atoms with van der Waals surface area (Å²) in [5.74, 6) is -0.801. The molecule has 0 aromatic rings. The summed E-state index contributed by atoms with van der Waals surface area (Å²) >= 11 is 0. The van der Waals surface area contributed by atoms with Crippen molar-refractivity contribution in [1.82, 2.24) is 0 Å². The highest BCUT2D eigenvalue weighted by molar-refractivity contribution is 7.47. The largest absolute Gasteiger partial charge is 0.472 e.